The van der Waals surface area contributed by atoms with Crippen LogP contribution in [0.3, 0.4) is 0 Å². The lowest BCUT2D eigenvalue weighted by molar-refractivity contribution is 0.236. The maximum Gasteiger partial charge on any atom is 0.315 e. The van der Waals surface area contributed by atoms with Crippen LogP contribution in [0.2, 0.25) is 0 Å². The molecular weight excluding hydrogens is 312 g/mol. The fourth-order valence-corrected chi connectivity index (χ4v) is 5.00. The minimum Gasteiger partial charge on any atom is -0.338 e. The maximum absolute atomic E-state index is 11.9. The highest BCUT2D eigenvalue weighted by Crippen LogP contribution is 2.17. The molecule has 6 heteroatoms. The lowest BCUT2D eigenvalue weighted by Gasteiger charge is -2.16. The number of urea groups is 1. The summed E-state index contributed by atoms with van der Waals surface area (Å²) in [4.78, 5) is 11.9. The van der Waals surface area contributed by atoms with E-state index in [1.54, 1.807) is 0 Å². The summed E-state index contributed by atoms with van der Waals surface area (Å²) >= 11 is 0. The van der Waals surface area contributed by atoms with Gasteiger partial charge in [0.2, 0.25) is 0 Å². The van der Waals surface area contributed by atoms with Crippen molar-refractivity contribution in [3.05, 3.63) is 34.9 Å². The van der Waals surface area contributed by atoms with Crippen molar-refractivity contribution in [2.45, 2.75) is 39.7 Å². The molecule has 1 fully saturated rings. The summed E-state index contributed by atoms with van der Waals surface area (Å²) in [6, 6.07) is 6.18. The zero-order valence-corrected chi connectivity index (χ0v) is 14.9. The SMILES string of the molecule is Cc1cc(C)cc(CC(C)NC(=O)NCC2CCS(=O)(=O)C2)c1. The van der Waals surface area contributed by atoms with E-state index in [4.69, 9.17) is 0 Å². The molecule has 0 radical (unpaired) electrons. The van der Waals surface area contributed by atoms with Gasteiger partial charge in [0.1, 0.15) is 0 Å². The van der Waals surface area contributed by atoms with Gasteiger partial charge < -0.3 is 10.6 Å². The minimum atomic E-state index is -2.89. The number of amides is 2. The summed E-state index contributed by atoms with van der Waals surface area (Å²) in [5, 5.41) is 5.70. The molecule has 1 heterocycles. The van der Waals surface area contributed by atoms with Crippen LogP contribution in [0.1, 0.15) is 30.0 Å². The van der Waals surface area contributed by atoms with E-state index in [1.165, 1.54) is 16.7 Å². The second-order valence-corrected chi connectivity index (χ2v) is 8.95. The molecule has 1 aliphatic rings. The average molecular weight is 338 g/mol. The smallest absolute Gasteiger partial charge is 0.315 e. The number of sulfone groups is 1. The highest BCUT2D eigenvalue weighted by Gasteiger charge is 2.27. The van der Waals surface area contributed by atoms with Gasteiger partial charge in [-0.05, 0) is 45.1 Å². The predicted molar refractivity (Wildman–Crippen MR) is 92.4 cm³/mol. The highest BCUT2D eigenvalue weighted by molar-refractivity contribution is 7.91. The van der Waals surface area contributed by atoms with Gasteiger partial charge in [0.25, 0.3) is 0 Å². The van der Waals surface area contributed by atoms with Gasteiger partial charge in [-0.3, -0.25) is 0 Å². The van der Waals surface area contributed by atoms with E-state index in [1.807, 2.05) is 6.92 Å². The Hall–Kier alpha value is -1.56. The van der Waals surface area contributed by atoms with Gasteiger partial charge in [-0.15, -0.1) is 0 Å². The maximum atomic E-state index is 11.9. The number of hydrogen-bond acceptors (Lipinski definition) is 3. The highest BCUT2D eigenvalue weighted by atomic mass is 32.2. The predicted octanol–water partition coefficient (Wildman–Crippen LogP) is 1.97. The van der Waals surface area contributed by atoms with Gasteiger partial charge in [0.05, 0.1) is 11.5 Å². The summed E-state index contributed by atoms with van der Waals surface area (Å²) in [5.74, 6) is 0.468. The van der Waals surface area contributed by atoms with Crippen LogP contribution in [-0.4, -0.2) is 38.5 Å². The van der Waals surface area contributed by atoms with E-state index in [0.717, 1.165) is 6.42 Å². The van der Waals surface area contributed by atoms with Crippen LogP contribution in [0.4, 0.5) is 4.79 Å². The van der Waals surface area contributed by atoms with Gasteiger partial charge >= 0.3 is 6.03 Å². The zero-order valence-electron chi connectivity index (χ0n) is 14.1. The zero-order chi connectivity index (χ0) is 17.0. The summed E-state index contributed by atoms with van der Waals surface area (Å²) in [6.45, 7) is 6.52. The summed E-state index contributed by atoms with van der Waals surface area (Å²) in [5.41, 5.74) is 3.65. The van der Waals surface area contributed by atoms with Crippen molar-refractivity contribution in [2.24, 2.45) is 5.92 Å². The molecule has 0 aromatic heterocycles. The molecule has 2 rings (SSSR count). The topological polar surface area (TPSA) is 75.3 Å². The normalized spacial score (nSPS) is 20.9. The summed E-state index contributed by atoms with van der Waals surface area (Å²) in [7, 11) is -2.89. The van der Waals surface area contributed by atoms with Gasteiger partial charge in [-0.25, -0.2) is 13.2 Å². The van der Waals surface area contributed by atoms with E-state index >= 15 is 0 Å². The lowest BCUT2D eigenvalue weighted by Crippen LogP contribution is -2.43. The van der Waals surface area contributed by atoms with Crippen molar-refractivity contribution in [3.8, 4) is 0 Å². The molecule has 0 bridgehead atoms. The molecule has 2 amide bonds. The molecule has 2 N–H and O–H groups in total. The monoisotopic (exact) mass is 338 g/mol. The summed E-state index contributed by atoms with van der Waals surface area (Å²) in [6.07, 6.45) is 1.41. The van der Waals surface area contributed by atoms with Gasteiger partial charge in [-0.2, -0.15) is 0 Å². The minimum absolute atomic E-state index is 0.0171. The molecule has 0 spiro atoms. The summed E-state index contributed by atoms with van der Waals surface area (Å²) < 4.78 is 22.8. The van der Waals surface area contributed by atoms with Crippen molar-refractivity contribution in [1.29, 1.82) is 0 Å². The third kappa shape index (κ3) is 5.86. The van der Waals surface area contributed by atoms with Crippen LogP contribution in [0.5, 0.6) is 0 Å². The Labute approximate surface area is 138 Å². The first-order valence-corrected chi connectivity index (χ1v) is 9.87. The van der Waals surface area contributed by atoms with Gasteiger partial charge in [0.15, 0.2) is 9.84 Å². The van der Waals surface area contributed by atoms with E-state index in [-0.39, 0.29) is 29.5 Å². The van der Waals surface area contributed by atoms with E-state index in [9.17, 15) is 13.2 Å². The Morgan fingerprint density at radius 1 is 1.26 bits per heavy atom. The first-order valence-electron chi connectivity index (χ1n) is 8.05. The Morgan fingerprint density at radius 2 is 1.91 bits per heavy atom. The third-order valence-corrected chi connectivity index (χ3v) is 5.92. The van der Waals surface area contributed by atoms with Crippen LogP contribution in [0.25, 0.3) is 0 Å². The standard InChI is InChI=1S/C17H26N2O3S/c1-12-6-13(2)8-16(7-12)9-14(3)19-17(20)18-10-15-4-5-23(21,22)11-15/h6-8,14-15H,4-5,9-11H2,1-3H3,(H2,18,19,20). The van der Waals surface area contributed by atoms with Crippen LogP contribution in [0, 0.1) is 19.8 Å². The largest absolute Gasteiger partial charge is 0.338 e. The fourth-order valence-electron chi connectivity index (χ4n) is 3.14. The van der Waals surface area contributed by atoms with Gasteiger partial charge in [0, 0.05) is 12.6 Å². The van der Waals surface area contributed by atoms with Crippen LogP contribution >= 0.6 is 0 Å². The molecule has 1 aliphatic heterocycles. The van der Waals surface area contributed by atoms with Crippen molar-refractivity contribution < 1.29 is 13.2 Å². The Kier molecular flexibility index (Phi) is 5.68. The van der Waals surface area contributed by atoms with Crippen molar-refractivity contribution >= 4 is 15.9 Å². The van der Waals surface area contributed by atoms with Crippen molar-refractivity contribution in [2.75, 3.05) is 18.1 Å². The van der Waals surface area contributed by atoms with Crippen LogP contribution in [-0.2, 0) is 16.3 Å². The van der Waals surface area contributed by atoms with E-state index < -0.39 is 9.84 Å². The number of carbonyl (C=O) groups excluding carboxylic acids is 1. The first kappa shape index (κ1) is 17.8. The molecule has 0 aliphatic carbocycles. The molecule has 1 aromatic rings. The molecule has 2 atom stereocenters. The Morgan fingerprint density at radius 3 is 2.48 bits per heavy atom. The molecule has 1 saturated heterocycles. The number of benzene rings is 1. The fraction of sp³-hybridized carbons (Fsp3) is 0.588. The van der Waals surface area contributed by atoms with E-state index in [0.29, 0.717) is 13.0 Å². The quantitative estimate of drug-likeness (QED) is 0.862. The van der Waals surface area contributed by atoms with E-state index in [2.05, 4.69) is 42.7 Å². The molecule has 1 aromatic carbocycles. The number of hydrogen-bond donors (Lipinski definition) is 2. The van der Waals surface area contributed by atoms with Crippen molar-refractivity contribution in [3.63, 3.8) is 0 Å². The first-order chi connectivity index (χ1) is 10.7. The second-order valence-electron chi connectivity index (χ2n) is 6.72. The molecule has 5 nitrogen and oxygen atoms in total. The molecular formula is C17H26N2O3S. The third-order valence-electron chi connectivity index (χ3n) is 4.08. The molecule has 23 heavy (non-hydrogen) atoms. The van der Waals surface area contributed by atoms with Crippen LogP contribution in [0.15, 0.2) is 18.2 Å². The Bertz CT molecular complexity index is 650. The number of aryl methyl sites for hydroxylation is 2. The lowest BCUT2D eigenvalue weighted by atomic mass is 10.0. The van der Waals surface area contributed by atoms with Crippen molar-refractivity contribution in [1.82, 2.24) is 10.6 Å². The number of carbonyl (C=O) groups is 1. The molecule has 2 unspecified atom stereocenters. The number of rotatable bonds is 5. The Balaban J connectivity index is 1.76. The molecule has 0 saturated carbocycles. The second kappa shape index (κ2) is 7.34. The molecule has 128 valence electrons. The average Bonchev–Trinajstić information content (AvgIpc) is 2.74. The van der Waals surface area contributed by atoms with Crippen LogP contribution < -0.4 is 10.6 Å². The van der Waals surface area contributed by atoms with Gasteiger partial charge in [-0.1, -0.05) is 29.3 Å². The number of nitrogens with one attached hydrogen (secondary N) is 2.